The summed E-state index contributed by atoms with van der Waals surface area (Å²) >= 11 is 0. The van der Waals surface area contributed by atoms with Crippen molar-refractivity contribution in [3.05, 3.63) is 12.7 Å². The van der Waals surface area contributed by atoms with Gasteiger partial charge in [0.1, 0.15) is 0 Å². The van der Waals surface area contributed by atoms with Crippen molar-refractivity contribution in [2.45, 2.75) is 45.1 Å². The molecule has 1 aliphatic rings. The van der Waals surface area contributed by atoms with Crippen molar-refractivity contribution in [1.29, 1.82) is 0 Å². The molecule has 1 fully saturated rings. The van der Waals surface area contributed by atoms with Crippen molar-refractivity contribution in [2.75, 3.05) is 6.54 Å². The van der Waals surface area contributed by atoms with Crippen molar-refractivity contribution in [3.63, 3.8) is 0 Å². The maximum absolute atomic E-state index is 3.71. The summed E-state index contributed by atoms with van der Waals surface area (Å²) < 4.78 is 0. The van der Waals surface area contributed by atoms with Crippen molar-refractivity contribution in [3.8, 4) is 0 Å². The van der Waals surface area contributed by atoms with Crippen LogP contribution >= 0.6 is 0 Å². The smallest absolute Gasteiger partial charge is 0.00669 e. The van der Waals surface area contributed by atoms with Gasteiger partial charge in [0.15, 0.2) is 0 Å². The van der Waals surface area contributed by atoms with Gasteiger partial charge in [-0.15, -0.1) is 6.58 Å². The quantitative estimate of drug-likeness (QED) is 0.474. The molecule has 0 aromatic carbocycles. The Kier molecular flexibility index (Phi) is 4.37. The molecule has 1 N–H and O–H groups in total. The van der Waals surface area contributed by atoms with Crippen LogP contribution in [0.5, 0.6) is 0 Å². The predicted molar refractivity (Wildman–Crippen MR) is 54.2 cm³/mol. The molecule has 0 aromatic heterocycles. The molecule has 0 amide bonds. The standard InChI is InChI=1S/C11H21N/c1-3-4-5-9-12-10(2)11-7-6-8-11/h3,10-12H,1,4-9H2,2H3. The second-order valence-corrected chi connectivity index (χ2v) is 3.86. The van der Waals surface area contributed by atoms with Crippen LogP contribution in [0.25, 0.3) is 0 Å². The van der Waals surface area contributed by atoms with Gasteiger partial charge in [-0.3, -0.25) is 0 Å². The molecule has 0 spiro atoms. The minimum Gasteiger partial charge on any atom is -0.314 e. The van der Waals surface area contributed by atoms with Gasteiger partial charge in [0.2, 0.25) is 0 Å². The Balaban J connectivity index is 1.94. The zero-order valence-electron chi connectivity index (χ0n) is 8.18. The fourth-order valence-corrected chi connectivity index (χ4v) is 1.68. The molecule has 70 valence electrons. The monoisotopic (exact) mass is 167 g/mol. The second-order valence-electron chi connectivity index (χ2n) is 3.86. The van der Waals surface area contributed by atoms with E-state index < -0.39 is 0 Å². The first kappa shape index (κ1) is 9.79. The molecule has 1 rings (SSSR count). The van der Waals surface area contributed by atoms with Crippen molar-refractivity contribution < 1.29 is 0 Å². The van der Waals surface area contributed by atoms with Gasteiger partial charge in [0.05, 0.1) is 0 Å². The minimum atomic E-state index is 0.739. The molecule has 0 aliphatic heterocycles. The third-order valence-corrected chi connectivity index (χ3v) is 2.91. The number of unbranched alkanes of at least 4 members (excludes halogenated alkanes) is 1. The summed E-state index contributed by atoms with van der Waals surface area (Å²) in [5.41, 5.74) is 0. The molecule has 1 heteroatoms. The lowest BCUT2D eigenvalue weighted by molar-refractivity contribution is 0.241. The summed E-state index contributed by atoms with van der Waals surface area (Å²) in [6.07, 6.45) is 8.70. The van der Waals surface area contributed by atoms with E-state index in [-0.39, 0.29) is 0 Å². The van der Waals surface area contributed by atoms with Gasteiger partial charge in [-0.25, -0.2) is 0 Å². The number of allylic oxidation sites excluding steroid dienone is 1. The molecule has 0 bridgehead atoms. The van der Waals surface area contributed by atoms with E-state index in [4.69, 9.17) is 0 Å². The number of nitrogens with one attached hydrogen (secondary N) is 1. The normalized spacial score (nSPS) is 20.1. The van der Waals surface area contributed by atoms with Crippen molar-refractivity contribution in [2.24, 2.45) is 5.92 Å². The van der Waals surface area contributed by atoms with Crippen LogP contribution in [0.2, 0.25) is 0 Å². The van der Waals surface area contributed by atoms with Crippen molar-refractivity contribution in [1.82, 2.24) is 5.32 Å². The van der Waals surface area contributed by atoms with Crippen molar-refractivity contribution >= 4 is 0 Å². The third kappa shape index (κ3) is 2.98. The Hall–Kier alpha value is -0.300. The van der Waals surface area contributed by atoms with E-state index in [9.17, 15) is 0 Å². The van der Waals surface area contributed by atoms with Crippen LogP contribution < -0.4 is 5.32 Å². The first-order valence-electron chi connectivity index (χ1n) is 5.19. The Bertz CT molecular complexity index is 127. The Morgan fingerprint density at radius 1 is 1.58 bits per heavy atom. The first-order chi connectivity index (χ1) is 5.84. The fourth-order valence-electron chi connectivity index (χ4n) is 1.68. The highest BCUT2D eigenvalue weighted by Gasteiger charge is 2.22. The highest BCUT2D eigenvalue weighted by Crippen LogP contribution is 2.29. The van der Waals surface area contributed by atoms with Crippen LogP contribution in [0, 0.1) is 5.92 Å². The van der Waals surface area contributed by atoms with Crippen LogP contribution in [-0.2, 0) is 0 Å². The fraction of sp³-hybridized carbons (Fsp3) is 0.818. The number of hydrogen-bond acceptors (Lipinski definition) is 1. The number of hydrogen-bond donors (Lipinski definition) is 1. The van der Waals surface area contributed by atoms with Gasteiger partial charge in [-0.1, -0.05) is 12.5 Å². The Morgan fingerprint density at radius 3 is 2.83 bits per heavy atom. The topological polar surface area (TPSA) is 12.0 Å². The van der Waals surface area contributed by atoms with E-state index in [0.717, 1.165) is 24.9 Å². The summed E-state index contributed by atoms with van der Waals surface area (Å²) in [4.78, 5) is 0. The van der Waals surface area contributed by atoms with E-state index in [0.29, 0.717) is 0 Å². The van der Waals surface area contributed by atoms with Gasteiger partial charge in [0, 0.05) is 6.04 Å². The zero-order valence-corrected chi connectivity index (χ0v) is 8.18. The summed E-state index contributed by atoms with van der Waals surface area (Å²) in [5.74, 6) is 0.966. The summed E-state index contributed by atoms with van der Waals surface area (Å²) in [5, 5.41) is 3.57. The molecule has 0 heterocycles. The average Bonchev–Trinajstić information content (AvgIpc) is 1.95. The maximum Gasteiger partial charge on any atom is 0.00669 e. The van der Waals surface area contributed by atoms with Crippen LogP contribution in [0.15, 0.2) is 12.7 Å². The maximum atomic E-state index is 3.71. The van der Waals surface area contributed by atoms with E-state index in [1.54, 1.807) is 0 Å². The SMILES string of the molecule is C=CCCCNC(C)C1CCC1. The minimum absolute atomic E-state index is 0.739. The predicted octanol–water partition coefficient (Wildman–Crippen LogP) is 2.73. The van der Waals surface area contributed by atoms with E-state index in [2.05, 4.69) is 18.8 Å². The van der Waals surface area contributed by atoms with E-state index in [1.165, 1.54) is 25.7 Å². The molecule has 1 atom stereocenters. The lowest BCUT2D eigenvalue weighted by Gasteiger charge is -2.32. The molecule has 1 unspecified atom stereocenters. The molecule has 1 saturated carbocycles. The molecule has 12 heavy (non-hydrogen) atoms. The highest BCUT2D eigenvalue weighted by molar-refractivity contribution is 4.79. The second kappa shape index (κ2) is 5.36. The lowest BCUT2D eigenvalue weighted by atomic mass is 9.80. The summed E-state index contributed by atoms with van der Waals surface area (Å²) in [6.45, 7) is 7.19. The van der Waals surface area contributed by atoms with E-state index >= 15 is 0 Å². The van der Waals surface area contributed by atoms with Gasteiger partial charge in [0.25, 0.3) is 0 Å². The van der Waals surface area contributed by atoms with Crippen LogP contribution in [0.3, 0.4) is 0 Å². The Morgan fingerprint density at radius 2 is 2.33 bits per heavy atom. The molecule has 0 radical (unpaired) electrons. The lowest BCUT2D eigenvalue weighted by Crippen LogP contribution is -2.37. The number of rotatable bonds is 6. The molecule has 1 nitrogen and oxygen atoms in total. The van der Waals surface area contributed by atoms with Crippen LogP contribution in [-0.4, -0.2) is 12.6 Å². The first-order valence-corrected chi connectivity index (χ1v) is 5.19. The van der Waals surface area contributed by atoms with Gasteiger partial charge in [-0.2, -0.15) is 0 Å². The largest absolute Gasteiger partial charge is 0.314 e. The molecule has 0 saturated heterocycles. The highest BCUT2D eigenvalue weighted by atomic mass is 14.9. The van der Waals surface area contributed by atoms with Gasteiger partial charge in [-0.05, 0) is 45.1 Å². The molecular formula is C11H21N. The molecule has 0 aromatic rings. The zero-order chi connectivity index (χ0) is 8.81. The van der Waals surface area contributed by atoms with Gasteiger partial charge >= 0.3 is 0 Å². The van der Waals surface area contributed by atoms with Gasteiger partial charge < -0.3 is 5.32 Å². The van der Waals surface area contributed by atoms with E-state index in [1.807, 2.05) is 6.08 Å². The third-order valence-electron chi connectivity index (χ3n) is 2.91. The molecule has 1 aliphatic carbocycles. The summed E-state index contributed by atoms with van der Waals surface area (Å²) in [6, 6.07) is 0.739. The molecular weight excluding hydrogens is 146 g/mol. The van der Waals surface area contributed by atoms with Crippen LogP contribution in [0.4, 0.5) is 0 Å². The summed E-state index contributed by atoms with van der Waals surface area (Å²) in [7, 11) is 0. The Labute approximate surface area is 76.2 Å². The van der Waals surface area contributed by atoms with Crippen LogP contribution in [0.1, 0.15) is 39.0 Å². The average molecular weight is 167 g/mol.